The van der Waals surface area contributed by atoms with Crippen LogP contribution in [0.2, 0.25) is 0 Å². The number of aliphatic hydroxyl groups excluding tert-OH is 1. The third-order valence-electron chi connectivity index (χ3n) is 5.36. The first-order valence-corrected chi connectivity index (χ1v) is 10.9. The number of benzene rings is 1. The minimum atomic E-state index is -1.39. The van der Waals surface area contributed by atoms with Crippen LogP contribution in [0.25, 0.3) is 0 Å². The second-order valence-electron chi connectivity index (χ2n) is 7.78. The molecular formula is C21H28N3O5S. The molecule has 3 amide bonds. The van der Waals surface area contributed by atoms with Crippen LogP contribution in [0.15, 0.2) is 30.3 Å². The Morgan fingerprint density at radius 2 is 2.13 bits per heavy atom. The van der Waals surface area contributed by atoms with E-state index in [2.05, 4.69) is 5.32 Å². The molecule has 1 aromatic carbocycles. The quantitative estimate of drug-likeness (QED) is 0.539. The summed E-state index contributed by atoms with van der Waals surface area (Å²) in [6.07, 6.45) is 2.27. The van der Waals surface area contributed by atoms with E-state index in [1.54, 1.807) is 6.92 Å². The van der Waals surface area contributed by atoms with E-state index in [0.717, 1.165) is 30.2 Å². The number of ether oxygens (including phenoxy) is 1. The van der Waals surface area contributed by atoms with Crippen LogP contribution in [0.1, 0.15) is 25.3 Å². The van der Waals surface area contributed by atoms with Gasteiger partial charge >= 0.3 is 0 Å². The number of rotatable bonds is 8. The maximum Gasteiger partial charge on any atom is 0.253 e. The molecule has 0 bridgehead atoms. The van der Waals surface area contributed by atoms with Gasteiger partial charge in [-0.15, -0.1) is 11.8 Å². The van der Waals surface area contributed by atoms with E-state index >= 15 is 0 Å². The highest BCUT2D eigenvalue weighted by Crippen LogP contribution is 2.40. The molecule has 0 saturated carbocycles. The van der Waals surface area contributed by atoms with Crippen molar-refractivity contribution < 1.29 is 24.2 Å². The standard InChI is InChI=1S/C21H28N3O5S/c1-21(20(22)28)13-24(18(27)16(25)10-9-14-6-3-2-4-7-14)19(30-21)17(26)23-12-15-8-5-11-29-15/h2-4,6-7,10,15-16,19,25H,5,8-9,11-13H2,1H3,(H2,22,28)(H,23,26)/t15?,16-,19+,21+/m0/s1. The molecule has 1 unspecified atom stereocenters. The number of carbonyl (C=O) groups is 3. The predicted molar refractivity (Wildman–Crippen MR) is 113 cm³/mol. The molecule has 1 radical (unpaired) electrons. The van der Waals surface area contributed by atoms with Gasteiger partial charge in [0.05, 0.1) is 6.10 Å². The van der Waals surface area contributed by atoms with Crippen molar-refractivity contribution in [1.82, 2.24) is 10.2 Å². The second-order valence-corrected chi connectivity index (χ2v) is 9.37. The Morgan fingerprint density at radius 3 is 2.77 bits per heavy atom. The molecule has 0 aromatic heterocycles. The van der Waals surface area contributed by atoms with E-state index in [4.69, 9.17) is 10.5 Å². The van der Waals surface area contributed by atoms with Crippen LogP contribution >= 0.6 is 11.8 Å². The summed E-state index contributed by atoms with van der Waals surface area (Å²) in [5, 5.41) is 12.3. The summed E-state index contributed by atoms with van der Waals surface area (Å²) in [5.41, 5.74) is 6.47. The molecule has 2 saturated heterocycles. The summed E-state index contributed by atoms with van der Waals surface area (Å²) in [4.78, 5) is 38.9. The lowest BCUT2D eigenvalue weighted by atomic mass is 10.1. The zero-order valence-corrected chi connectivity index (χ0v) is 17.8. The molecule has 9 heteroatoms. The molecule has 0 spiro atoms. The average Bonchev–Trinajstić information content (AvgIpc) is 3.39. The van der Waals surface area contributed by atoms with Gasteiger partial charge in [0.2, 0.25) is 5.91 Å². The first-order valence-electron chi connectivity index (χ1n) is 10.0. The molecule has 2 aliphatic heterocycles. The molecule has 1 aromatic rings. The summed E-state index contributed by atoms with van der Waals surface area (Å²) in [7, 11) is 0. The molecule has 163 valence electrons. The number of amides is 3. The number of primary amides is 1. The Morgan fingerprint density at radius 1 is 1.40 bits per heavy atom. The molecule has 4 atom stereocenters. The van der Waals surface area contributed by atoms with Crippen molar-refractivity contribution in [3.63, 3.8) is 0 Å². The minimum Gasteiger partial charge on any atom is -0.383 e. The number of nitrogens with zero attached hydrogens (tertiary/aromatic N) is 1. The van der Waals surface area contributed by atoms with E-state index in [9.17, 15) is 19.5 Å². The topological polar surface area (TPSA) is 122 Å². The molecule has 3 rings (SSSR count). The first kappa shape index (κ1) is 22.6. The zero-order chi connectivity index (χ0) is 21.7. The minimum absolute atomic E-state index is 0.0416. The van der Waals surface area contributed by atoms with Crippen LogP contribution in [0.5, 0.6) is 0 Å². The van der Waals surface area contributed by atoms with Gasteiger partial charge in [0, 0.05) is 26.1 Å². The van der Waals surface area contributed by atoms with E-state index in [0.29, 0.717) is 19.6 Å². The van der Waals surface area contributed by atoms with E-state index in [-0.39, 0.29) is 12.6 Å². The fourth-order valence-corrected chi connectivity index (χ4v) is 4.84. The SMILES string of the molecule is C[C@]1(C(N)=O)CN(C(=O)[C@@H](O)[CH]Cc2ccccc2)[C@@H](C(=O)NCC2CCCO2)S1. The lowest BCUT2D eigenvalue weighted by Crippen LogP contribution is -2.50. The second kappa shape index (κ2) is 9.80. The number of nitrogens with one attached hydrogen (secondary N) is 1. The number of thioether (sulfide) groups is 1. The molecule has 2 fully saturated rings. The van der Waals surface area contributed by atoms with Crippen LogP contribution in [-0.4, -0.2) is 69.8 Å². The average molecular weight is 435 g/mol. The Labute approximate surface area is 180 Å². The van der Waals surface area contributed by atoms with Gasteiger partial charge in [-0.3, -0.25) is 14.4 Å². The highest BCUT2D eigenvalue weighted by atomic mass is 32.2. The van der Waals surface area contributed by atoms with E-state index in [1.807, 2.05) is 30.3 Å². The maximum absolute atomic E-state index is 12.9. The molecule has 2 aliphatic rings. The Bertz CT molecular complexity index is 771. The number of nitrogens with two attached hydrogens (primary N) is 1. The Balaban J connectivity index is 1.65. The number of hydrogen-bond donors (Lipinski definition) is 3. The fraction of sp³-hybridized carbons (Fsp3) is 0.524. The van der Waals surface area contributed by atoms with Crippen molar-refractivity contribution in [2.45, 2.75) is 48.5 Å². The summed E-state index contributed by atoms with van der Waals surface area (Å²) in [5.74, 6) is -1.63. The van der Waals surface area contributed by atoms with Gasteiger partial charge in [-0.25, -0.2) is 0 Å². The van der Waals surface area contributed by atoms with Crippen molar-refractivity contribution in [3.8, 4) is 0 Å². The summed E-state index contributed by atoms with van der Waals surface area (Å²) in [6, 6.07) is 9.43. The Hall–Kier alpha value is -2.10. The normalized spacial score (nSPS) is 27.1. The van der Waals surface area contributed by atoms with Crippen LogP contribution in [0, 0.1) is 6.42 Å². The van der Waals surface area contributed by atoms with Crippen molar-refractivity contribution in [2.75, 3.05) is 19.7 Å². The third-order valence-corrected chi connectivity index (χ3v) is 6.90. The number of carbonyl (C=O) groups excluding carboxylic acids is 3. The molecule has 0 aliphatic carbocycles. The third kappa shape index (κ3) is 5.33. The summed E-state index contributed by atoms with van der Waals surface area (Å²) in [6.45, 7) is 2.58. The van der Waals surface area contributed by atoms with Crippen LogP contribution in [0.3, 0.4) is 0 Å². The monoisotopic (exact) mass is 434 g/mol. The van der Waals surface area contributed by atoms with Crippen molar-refractivity contribution in [1.29, 1.82) is 0 Å². The van der Waals surface area contributed by atoms with Crippen LogP contribution in [0.4, 0.5) is 0 Å². The van der Waals surface area contributed by atoms with Gasteiger partial charge in [0.1, 0.15) is 10.9 Å². The van der Waals surface area contributed by atoms with Crippen molar-refractivity contribution in [3.05, 3.63) is 42.3 Å². The van der Waals surface area contributed by atoms with E-state index in [1.165, 1.54) is 11.3 Å². The molecule has 4 N–H and O–H groups in total. The predicted octanol–water partition coefficient (Wildman–Crippen LogP) is 0.235. The maximum atomic E-state index is 12.9. The number of hydrogen-bond acceptors (Lipinski definition) is 6. The summed E-state index contributed by atoms with van der Waals surface area (Å²) >= 11 is 1.03. The zero-order valence-electron chi connectivity index (χ0n) is 17.0. The first-order chi connectivity index (χ1) is 14.3. The summed E-state index contributed by atoms with van der Waals surface area (Å²) < 4.78 is 4.40. The smallest absolute Gasteiger partial charge is 0.253 e. The van der Waals surface area contributed by atoms with Gasteiger partial charge in [-0.05, 0) is 31.7 Å². The number of aliphatic hydroxyl groups is 1. The largest absolute Gasteiger partial charge is 0.383 e. The lowest BCUT2D eigenvalue weighted by Gasteiger charge is -2.25. The highest BCUT2D eigenvalue weighted by Gasteiger charge is 2.51. The van der Waals surface area contributed by atoms with E-state index < -0.39 is 33.9 Å². The molecule has 2 heterocycles. The van der Waals surface area contributed by atoms with Gasteiger partial charge in [0.15, 0.2) is 5.37 Å². The molecule has 30 heavy (non-hydrogen) atoms. The van der Waals surface area contributed by atoms with Gasteiger partial charge in [-0.1, -0.05) is 30.3 Å². The molecule has 8 nitrogen and oxygen atoms in total. The van der Waals surface area contributed by atoms with Crippen LogP contribution in [-0.2, 0) is 25.5 Å². The van der Waals surface area contributed by atoms with Crippen molar-refractivity contribution in [2.24, 2.45) is 5.73 Å². The fourth-order valence-electron chi connectivity index (χ4n) is 3.52. The Kier molecular flexibility index (Phi) is 7.38. The van der Waals surface area contributed by atoms with Gasteiger partial charge in [0.25, 0.3) is 11.8 Å². The van der Waals surface area contributed by atoms with Crippen LogP contribution < -0.4 is 11.1 Å². The van der Waals surface area contributed by atoms with Gasteiger partial charge in [-0.2, -0.15) is 0 Å². The lowest BCUT2D eigenvalue weighted by molar-refractivity contribution is -0.143. The molecular weight excluding hydrogens is 406 g/mol. The highest BCUT2D eigenvalue weighted by molar-refractivity contribution is 8.02. The van der Waals surface area contributed by atoms with Gasteiger partial charge < -0.3 is 25.8 Å². The van der Waals surface area contributed by atoms with Crippen molar-refractivity contribution >= 4 is 29.5 Å².